The fourth-order valence-electron chi connectivity index (χ4n) is 3.23. The third kappa shape index (κ3) is 3.63. The van der Waals surface area contributed by atoms with Gasteiger partial charge in [-0.15, -0.1) is 0 Å². The van der Waals surface area contributed by atoms with E-state index < -0.39 is 0 Å². The van der Waals surface area contributed by atoms with E-state index in [2.05, 4.69) is 30.5 Å². The number of hydrogen-bond donors (Lipinski definition) is 2. The van der Waals surface area contributed by atoms with Gasteiger partial charge in [0.1, 0.15) is 5.75 Å². The largest absolute Gasteiger partial charge is 0.497 e. The minimum atomic E-state index is -0.253. The van der Waals surface area contributed by atoms with Gasteiger partial charge in [0.15, 0.2) is 0 Å². The lowest BCUT2D eigenvalue weighted by Gasteiger charge is -2.21. The summed E-state index contributed by atoms with van der Waals surface area (Å²) in [5.74, 6) is 1.18. The van der Waals surface area contributed by atoms with E-state index in [-0.39, 0.29) is 11.6 Å². The Balaban J connectivity index is 1.75. The number of benzene rings is 2. The molecule has 1 fully saturated rings. The van der Waals surface area contributed by atoms with Crippen LogP contribution in [0.5, 0.6) is 5.75 Å². The first-order valence-corrected chi connectivity index (χ1v) is 8.78. The number of methoxy groups -OCH3 is 1. The molecule has 1 aliphatic rings. The van der Waals surface area contributed by atoms with E-state index >= 15 is 0 Å². The second kappa shape index (κ2) is 6.79. The number of carbonyl (C=O) groups excluding carboxylic acids is 1. The van der Waals surface area contributed by atoms with E-state index in [1.165, 1.54) is 0 Å². The van der Waals surface area contributed by atoms with Crippen molar-refractivity contribution in [3.05, 3.63) is 59.2 Å². The first-order valence-electron chi connectivity index (χ1n) is 8.78. The van der Waals surface area contributed by atoms with Crippen LogP contribution in [-0.2, 0) is 5.54 Å². The van der Waals surface area contributed by atoms with Gasteiger partial charge < -0.3 is 15.4 Å². The van der Waals surface area contributed by atoms with Crippen molar-refractivity contribution in [1.29, 1.82) is 0 Å². The van der Waals surface area contributed by atoms with Gasteiger partial charge in [0, 0.05) is 5.69 Å². The molecule has 0 saturated heterocycles. The third-order valence-corrected chi connectivity index (χ3v) is 4.91. The fraction of sp³-hybridized carbons (Fsp3) is 0.381. The van der Waals surface area contributed by atoms with Crippen LogP contribution >= 0.6 is 0 Å². The molecule has 4 nitrogen and oxygen atoms in total. The molecule has 4 heteroatoms. The summed E-state index contributed by atoms with van der Waals surface area (Å²) in [6, 6.07) is 13.9. The first-order chi connectivity index (χ1) is 11.9. The highest BCUT2D eigenvalue weighted by Crippen LogP contribution is 2.46. The Morgan fingerprint density at radius 1 is 1.12 bits per heavy atom. The smallest absolute Gasteiger partial charge is 0.319 e. The number of nitrogens with one attached hydrogen (secondary N) is 2. The molecule has 2 aromatic rings. The van der Waals surface area contributed by atoms with Crippen LogP contribution in [0.3, 0.4) is 0 Å². The Morgan fingerprint density at radius 2 is 1.80 bits per heavy atom. The summed E-state index contributed by atoms with van der Waals surface area (Å²) >= 11 is 0. The Labute approximate surface area is 149 Å². The van der Waals surface area contributed by atoms with Crippen LogP contribution in [0.1, 0.15) is 49.3 Å². The van der Waals surface area contributed by atoms with Crippen molar-refractivity contribution in [1.82, 2.24) is 5.32 Å². The van der Waals surface area contributed by atoms with E-state index in [0.29, 0.717) is 5.92 Å². The fourth-order valence-corrected chi connectivity index (χ4v) is 3.23. The first kappa shape index (κ1) is 17.3. The molecule has 3 rings (SSSR count). The predicted octanol–water partition coefficient (Wildman–Crippen LogP) is 4.94. The van der Waals surface area contributed by atoms with Crippen LogP contribution in [0.2, 0.25) is 0 Å². The lowest BCUT2D eigenvalue weighted by Crippen LogP contribution is -2.38. The number of urea groups is 1. The summed E-state index contributed by atoms with van der Waals surface area (Å²) in [4.78, 5) is 12.6. The number of amides is 2. The molecular weight excluding hydrogens is 312 g/mol. The zero-order valence-corrected chi connectivity index (χ0v) is 15.3. The van der Waals surface area contributed by atoms with E-state index in [9.17, 15) is 4.79 Å². The monoisotopic (exact) mass is 338 g/mol. The molecule has 0 atom stereocenters. The van der Waals surface area contributed by atoms with E-state index in [1.54, 1.807) is 7.11 Å². The Hall–Kier alpha value is -2.49. The summed E-state index contributed by atoms with van der Waals surface area (Å²) in [5.41, 5.74) is 4.02. The number of aryl methyl sites for hydroxylation is 1. The highest BCUT2D eigenvalue weighted by atomic mass is 16.5. The normalized spacial score (nSPS) is 14.9. The maximum absolute atomic E-state index is 12.6. The maximum atomic E-state index is 12.6. The molecule has 0 heterocycles. The molecule has 0 radical (unpaired) electrons. The third-order valence-electron chi connectivity index (χ3n) is 4.91. The van der Waals surface area contributed by atoms with Crippen molar-refractivity contribution < 1.29 is 9.53 Å². The van der Waals surface area contributed by atoms with Gasteiger partial charge in [-0.1, -0.05) is 44.2 Å². The van der Waals surface area contributed by atoms with Crippen LogP contribution in [0.25, 0.3) is 0 Å². The predicted molar refractivity (Wildman–Crippen MR) is 101 cm³/mol. The summed E-state index contributed by atoms with van der Waals surface area (Å²) in [5, 5.41) is 6.25. The summed E-state index contributed by atoms with van der Waals surface area (Å²) in [7, 11) is 1.65. The average Bonchev–Trinajstić information content (AvgIpc) is 3.37. The van der Waals surface area contributed by atoms with Crippen molar-refractivity contribution in [2.24, 2.45) is 0 Å². The minimum Gasteiger partial charge on any atom is -0.497 e. The number of anilines is 1. The van der Waals surface area contributed by atoms with Crippen LogP contribution < -0.4 is 15.4 Å². The summed E-state index contributed by atoms with van der Waals surface area (Å²) in [6.07, 6.45) is 1.91. The second-order valence-corrected chi connectivity index (χ2v) is 7.08. The minimum absolute atomic E-state index is 0.149. The van der Waals surface area contributed by atoms with Crippen LogP contribution in [0.4, 0.5) is 10.5 Å². The average molecular weight is 338 g/mol. The highest BCUT2D eigenvalue weighted by Gasteiger charge is 2.45. The van der Waals surface area contributed by atoms with Gasteiger partial charge in [-0.2, -0.15) is 0 Å². The molecule has 1 saturated carbocycles. The summed E-state index contributed by atoms with van der Waals surface area (Å²) in [6.45, 7) is 6.30. The SMILES string of the molecule is COc1ccc(C2(NC(=O)Nc3c(C)cccc3C(C)C)CC2)cc1. The molecule has 0 bridgehead atoms. The van der Waals surface area contributed by atoms with Gasteiger partial charge in [0.2, 0.25) is 0 Å². The van der Waals surface area contributed by atoms with E-state index in [1.807, 2.05) is 43.3 Å². The zero-order chi connectivity index (χ0) is 18.0. The molecule has 0 aromatic heterocycles. The van der Waals surface area contributed by atoms with Gasteiger partial charge >= 0.3 is 6.03 Å². The molecule has 0 aliphatic heterocycles. The van der Waals surface area contributed by atoms with Gasteiger partial charge in [-0.3, -0.25) is 0 Å². The van der Waals surface area contributed by atoms with Crippen molar-refractivity contribution in [2.45, 2.75) is 45.1 Å². The van der Waals surface area contributed by atoms with Crippen LogP contribution in [0.15, 0.2) is 42.5 Å². The molecule has 132 valence electrons. The van der Waals surface area contributed by atoms with Crippen molar-refractivity contribution in [2.75, 3.05) is 12.4 Å². The Morgan fingerprint density at radius 3 is 2.36 bits per heavy atom. The number of ether oxygens (including phenoxy) is 1. The lowest BCUT2D eigenvalue weighted by atomic mass is 9.98. The van der Waals surface area contributed by atoms with Gasteiger partial charge in [-0.25, -0.2) is 4.79 Å². The molecule has 0 spiro atoms. The lowest BCUT2D eigenvalue weighted by molar-refractivity contribution is 0.247. The topological polar surface area (TPSA) is 50.4 Å². The number of rotatable bonds is 5. The number of carbonyl (C=O) groups is 1. The Bertz CT molecular complexity index is 762. The van der Waals surface area contributed by atoms with E-state index in [4.69, 9.17) is 4.74 Å². The number of hydrogen-bond acceptors (Lipinski definition) is 2. The Kier molecular flexibility index (Phi) is 4.71. The molecule has 2 N–H and O–H groups in total. The molecule has 2 amide bonds. The molecule has 2 aromatic carbocycles. The molecule has 0 unspecified atom stereocenters. The van der Waals surface area contributed by atoms with Crippen molar-refractivity contribution in [3.8, 4) is 5.75 Å². The molecule has 25 heavy (non-hydrogen) atoms. The maximum Gasteiger partial charge on any atom is 0.319 e. The van der Waals surface area contributed by atoms with Crippen molar-refractivity contribution >= 4 is 11.7 Å². The van der Waals surface area contributed by atoms with E-state index in [0.717, 1.165) is 41.0 Å². The van der Waals surface area contributed by atoms with Gasteiger partial charge in [0.25, 0.3) is 0 Å². The second-order valence-electron chi connectivity index (χ2n) is 7.08. The van der Waals surface area contributed by atoms with Crippen LogP contribution in [-0.4, -0.2) is 13.1 Å². The van der Waals surface area contributed by atoms with Crippen molar-refractivity contribution in [3.63, 3.8) is 0 Å². The zero-order valence-electron chi connectivity index (χ0n) is 15.3. The van der Waals surface area contributed by atoms with Gasteiger partial charge in [-0.05, 0) is 54.5 Å². The molecular formula is C21H26N2O2. The van der Waals surface area contributed by atoms with Crippen LogP contribution in [0, 0.1) is 6.92 Å². The quantitative estimate of drug-likeness (QED) is 0.811. The van der Waals surface area contributed by atoms with Gasteiger partial charge in [0.05, 0.1) is 12.6 Å². The standard InChI is InChI=1S/C21H26N2O2/c1-14(2)18-7-5-6-15(3)19(18)22-20(24)23-21(12-13-21)16-8-10-17(25-4)11-9-16/h5-11,14H,12-13H2,1-4H3,(H2,22,23,24). The molecule has 1 aliphatic carbocycles. The summed E-state index contributed by atoms with van der Waals surface area (Å²) < 4.78 is 5.21. The number of para-hydroxylation sites is 1. The highest BCUT2D eigenvalue weighted by molar-refractivity contribution is 5.92.